The van der Waals surface area contributed by atoms with E-state index in [4.69, 9.17) is 0 Å². The SMILES string of the molecule is CNC1CCCC2OC(F)(F)OC12. The minimum atomic E-state index is -3.38. The van der Waals surface area contributed by atoms with Crippen molar-refractivity contribution in [1.82, 2.24) is 5.32 Å². The number of likely N-dealkylation sites (N-methyl/N-ethyl adjacent to an activating group) is 1. The van der Waals surface area contributed by atoms with E-state index in [9.17, 15) is 8.78 Å². The van der Waals surface area contributed by atoms with E-state index in [-0.39, 0.29) is 6.04 Å². The van der Waals surface area contributed by atoms with Crippen LogP contribution in [0.3, 0.4) is 0 Å². The highest BCUT2D eigenvalue weighted by atomic mass is 19.3. The molecule has 3 atom stereocenters. The van der Waals surface area contributed by atoms with Crippen molar-refractivity contribution in [2.24, 2.45) is 0 Å². The number of ether oxygens (including phenoxy) is 2. The molecular formula is C8H13F2NO2. The van der Waals surface area contributed by atoms with E-state index in [1.807, 2.05) is 0 Å². The topological polar surface area (TPSA) is 30.5 Å². The molecule has 0 radical (unpaired) electrons. The van der Waals surface area contributed by atoms with Gasteiger partial charge in [-0.05, 0) is 26.3 Å². The molecule has 2 rings (SSSR count). The van der Waals surface area contributed by atoms with Crippen LogP contribution in [-0.2, 0) is 9.47 Å². The molecule has 1 aliphatic carbocycles. The van der Waals surface area contributed by atoms with E-state index in [1.54, 1.807) is 7.05 Å². The van der Waals surface area contributed by atoms with Gasteiger partial charge in [0.15, 0.2) is 0 Å². The number of halogens is 2. The fourth-order valence-corrected chi connectivity index (χ4v) is 2.08. The van der Waals surface area contributed by atoms with Crippen LogP contribution in [0.15, 0.2) is 0 Å². The van der Waals surface area contributed by atoms with Crippen LogP contribution >= 0.6 is 0 Å². The van der Waals surface area contributed by atoms with E-state index < -0.39 is 18.5 Å². The highest BCUT2D eigenvalue weighted by Gasteiger charge is 2.52. The molecule has 0 aromatic heterocycles. The third-order valence-electron chi connectivity index (χ3n) is 2.70. The Labute approximate surface area is 75.4 Å². The maximum Gasteiger partial charge on any atom is 0.486 e. The first-order valence-corrected chi connectivity index (χ1v) is 4.53. The minimum Gasteiger partial charge on any atom is -0.314 e. The van der Waals surface area contributed by atoms with Crippen molar-refractivity contribution in [3.05, 3.63) is 0 Å². The molecule has 3 unspecified atom stereocenters. The standard InChI is InChI=1S/C8H13F2NO2/c1-11-5-3-2-4-6-7(5)13-8(9,10)12-6/h5-7,11H,2-4H2,1H3. The van der Waals surface area contributed by atoms with E-state index >= 15 is 0 Å². The monoisotopic (exact) mass is 193 g/mol. The largest absolute Gasteiger partial charge is 0.486 e. The first-order valence-electron chi connectivity index (χ1n) is 4.53. The molecule has 1 aliphatic heterocycles. The van der Waals surface area contributed by atoms with Gasteiger partial charge in [0.2, 0.25) is 0 Å². The van der Waals surface area contributed by atoms with Crippen molar-refractivity contribution >= 4 is 0 Å². The summed E-state index contributed by atoms with van der Waals surface area (Å²) < 4.78 is 34.4. The molecule has 0 bridgehead atoms. The van der Waals surface area contributed by atoms with Crippen molar-refractivity contribution in [2.75, 3.05) is 7.05 Å². The lowest BCUT2D eigenvalue weighted by Crippen LogP contribution is -2.46. The summed E-state index contributed by atoms with van der Waals surface area (Å²) in [6, 6.07) is -0.00729. The zero-order chi connectivity index (χ0) is 9.47. The third kappa shape index (κ3) is 1.68. The Kier molecular flexibility index (Phi) is 2.25. The van der Waals surface area contributed by atoms with Gasteiger partial charge in [-0.3, -0.25) is 9.47 Å². The molecule has 5 heteroatoms. The van der Waals surface area contributed by atoms with Crippen LogP contribution in [0.2, 0.25) is 0 Å². The van der Waals surface area contributed by atoms with E-state index in [2.05, 4.69) is 14.8 Å². The molecular weight excluding hydrogens is 180 g/mol. The normalized spacial score (nSPS) is 43.2. The highest BCUT2D eigenvalue weighted by molar-refractivity contribution is 4.91. The van der Waals surface area contributed by atoms with Gasteiger partial charge in [-0.25, -0.2) is 0 Å². The highest BCUT2D eigenvalue weighted by Crippen LogP contribution is 2.38. The minimum absolute atomic E-state index is 0.00729. The van der Waals surface area contributed by atoms with E-state index in [0.717, 1.165) is 12.8 Å². The average Bonchev–Trinajstić information content (AvgIpc) is 2.37. The molecule has 76 valence electrons. The van der Waals surface area contributed by atoms with Crippen LogP contribution in [0.25, 0.3) is 0 Å². The maximum absolute atomic E-state index is 12.7. The summed E-state index contributed by atoms with van der Waals surface area (Å²) >= 11 is 0. The fraction of sp³-hybridized carbons (Fsp3) is 1.00. The van der Waals surface area contributed by atoms with E-state index in [1.165, 1.54) is 0 Å². The lowest BCUT2D eigenvalue weighted by Gasteiger charge is -2.29. The second-order valence-corrected chi connectivity index (χ2v) is 3.53. The van der Waals surface area contributed by atoms with Gasteiger partial charge in [0, 0.05) is 6.04 Å². The Bertz CT molecular complexity index is 201. The Morgan fingerprint density at radius 2 is 2.08 bits per heavy atom. The fourth-order valence-electron chi connectivity index (χ4n) is 2.08. The smallest absolute Gasteiger partial charge is 0.314 e. The average molecular weight is 193 g/mol. The molecule has 2 fully saturated rings. The quantitative estimate of drug-likeness (QED) is 0.676. The molecule has 2 aliphatic rings. The van der Waals surface area contributed by atoms with Gasteiger partial charge in [-0.2, -0.15) is 0 Å². The molecule has 1 N–H and O–H groups in total. The molecule has 0 spiro atoms. The first-order chi connectivity index (χ1) is 6.12. The van der Waals surface area contributed by atoms with Gasteiger partial charge >= 0.3 is 6.29 Å². The number of nitrogens with one attached hydrogen (secondary N) is 1. The lowest BCUT2D eigenvalue weighted by atomic mass is 9.90. The summed E-state index contributed by atoms with van der Waals surface area (Å²) in [5.41, 5.74) is 0. The van der Waals surface area contributed by atoms with Gasteiger partial charge in [0.25, 0.3) is 0 Å². The summed E-state index contributed by atoms with van der Waals surface area (Å²) in [5, 5.41) is 2.97. The third-order valence-corrected chi connectivity index (χ3v) is 2.70. The molecule has 0 aromatic carbocycles. The van der Waals surface area contributed by atoms with Crippen molar-refractivity contribution in [3.8, 4) is 0 Å². The zero-order valence-electron chi connectivity index (χ0n) is 7.43. The summed E-state index contributed by atoms with van der Waals surface area (Å²) in [4.78, 5) is 0. The predicted molar refractivity (Wildman–Crippen MR) is 41.4 cm³/mol. The molecule has 0 amide bonds. The number of rotatable bonds is 1. The lowest BCUT2D eigenvalue weighted by molar-refractivity contribution is -0.351. The van der Waals surface area contributed by atoms with Crippen molar-refractivity contribution in [1.29, 1.82) is 0 Å². The second-order valence-electron chi connectivity index (χ2n) is 3.53. The van der Waals surface area contributed by atoms with Crippen molar-refractivity contribution in [2.45, 2.75) is 43.8 Å². The van der Waals surface area contributed by atoms with Gasteiger partial charge in [-0.15, -0.1) is 8.78 Å². The zero-order valence-corrected chi connectivity index (χ0v) is 7.43. The Morgan fingerprint density at radius 1 is 1.31 bits per heavy atom. The Morgan fingerprint density at radius 3 is 2.77 bits per heavy atom. The molecule has 1 saturated heterocycles. The number of hydrogen-bond donors (Lipinski definition) is 1. The van der Waals surface area contributed by atoms with Crippen LogP contribution in [0.4, 0.5) is 8.78 Å². The summed E-state index contributed by atoms with van der Waals surface area (Å²) in [5.74, 6) is 0. The van der Waals surface area contributed by atoms with Crippen LogP contribution < -0.4 is 5.32 Å². The van der Waals surface area contributed by atoms with Crippen LogP contribution in [0.1, 0.15) is 19.3 Å². The first kappa shape index (κ1) is 9.30. The number of alkyl halides is 2. The molecule has 0 aromatic rings. The van der Waals surface area contributed by atoms with E-state index in [0.29, 0.717) is 6.42 Å². The van der Waals surface area contributed by atoms with Crippen LogP contribution in [0, 0.1) is 0 Å². The summed E-state index contributed by atoms with van der Waals surface area (Å²) in [6.07, 6.45) is -1.87. The second kappa shape index (κ2) is 3.15. The van der Waals surface area contributed by atoms with Gasteiger partial charge < -0.3 is 5.32 Å². The molecule has 1 heterocycles. The van der Waals surface area contributed by atoms with Crippen molar-refractivity contribution in [3.63, 3.8) is 0 Å². The maximum atomic E-state index is 12.7. The number of fused-ring (bicyclic) bond motifs is 1. The summed E-state index contributed by atoms with van der Waals surface area (Å²) in [7, 11) is 1.76. The predicted octanol–water partition coefficient (Wildman–Crippen LogP) is 1.09. The van der Waals surface area contributed by atoms with Gasteiger partial charge in [0.05, 0.1) is 6.10 Å². The molecule has 1 saturated carbocycles. The Balaban J connectivity index is 2.08. The van der Waals surface area contributed by atoms with Gasteiger partial charge in [-0.1, -0.05) is 0 Å². The summed E-state index contributed by atoms with van der Waals surface area (Å²) in [6.45, 7) is 0. The Hall–Kier alpha value is -0.260. The molecule has 3 nitrogen and oxygen atoms in total. The van der Waals surface area contributed by atoms with Gasteiger partial charge in [0.1, 0.15) is 6.10 Å². The number of hydrogen-bond acceptors (Lipinski definition) is 3. The van der Waals surface area contributed by atoms with Crippen LogP contribution in [0.5, 0.6) is 0 Å². The van der Waals surface area contributed by atoms with Crippen LogP contribution in [-0.4, -0.2) is 31.6 Å². The molecule has 13 heavy (non-hydrogen) atoms. The van der Waals surface area contributed by atoms with Crippen molar-refractivity contribution < 1.29 is 18.3 Å².